The molecule has 0 unspecified atom stereocenters. The molecule has 0 bridgehead atoms. The minimum absolute atomic E-state index is 0.606. The lowest BCUT2D eigenvalue weighted by Crippen LogP contribution is -1.96. The van der Waals surface area contributed by atoms with Gasteiger partial charge in [-0.2, -0.15) is 5.26 Å². The molecule has 3 rings (SSSR count). The largest absolute Gasteiger partial charge is 0.398 e. The van der Waals surface area contributed by atoms with E-state index in [2.05, 4.69) is 16.4 Å². The fraction of sp³-hybridized carbons (Fsp3) is 0. The lowest BCUT2D eigenvalue weighted by molar-refractivity contribution is 1.34. The summed E-state index contributed by atoms with van der Waals surface area (Å²) in [5, 5.41) is 14.1. The molecule has 1 aromatic heterocycles. The van der Waals surface area contributed by atoms with E-state index in [9.17, 15) is 0 Å². The van der Waals surface area contributed by atoms with E-state index in [1.54, 1.807) is 18.3 Å². The second-order valence-corrected chi connectivity index (χ2v) is 4.42. The van der Waals surface area contributed by atoms with Gasteiger partial charge in [0.15, 0.2) is 0 Å². The molecule has 0 saturated carbocycles. The Hall–Kier alpha value is -3.06. The van der Waals surface area contributed by atoms with Gasteiger partial charge >= 0.3 is 0 Å². The molecule has 0 fully saturated rings. The van der Waals surface area contributed by atoms with Crippen LogP contribution in [0.4, 0.5) is 17.2 Å². The highest BCUT2D eigenvalue weighted by molar-refractivity contribution is 5.99. The van der Waals surface area contributed by atoms with Gasteiger partial charge in [0.1, 0.15) is 5.82 Å². The molecule has 0 amide bonds. The average Bonchev–Trinajstić information content (AvgIpc) is 2.49. The highest BCUT2D eigenvalue weighted by Crippen LogP contribution is 2.27. The van der Waals surface area contributed by atoms with Gasteiger partial charge in [-0.3, -0.25) is 0 Å². The van der Waals surface area contributed by atoms with E-state index in [0.717, 1.165) is 28.0 Å². The molecule has 4 heteroatoms. The molecule has 96 valence electrons. The number of anilines is 3. The number of hydrogen-bond donors (Lipinski definition) is 2. The second kappa shape index (κ2) is 4.90. The Morgan fingerprint density at radius 1 is 1.05 bits per heavy atom. The van der Waals surface area contributed by atoms with Crippen molar-refractivity contribution in [2.45, 2.75) is 0 Å². The number of nitrogens with one attached hydrogen (secondary N) is 1. The van der Waals surface area contributed by atoms with Gasteiger partial charge in [-0.25, -0.2) is 4.98 Å². The normalized spacial score (nSPS) is 10.2. The summed E-state index contributed by atoms with van der Waals surface area (Å²) in [7, 11) is 0. The standard InChI is InChI=1S/C16H12N4/c17-10-11-3-1-4-12(9-11)20-16-14-5-2-6-15(18)13(14)7-8-19-16/h1-9H,18H2,(H,19,20). The number of fused-ring (bicyclic) bond motifs is 1. The van der Waals surface area contributed by atoms with E-state index >= 15 is 0 Å². The maximum Gasteiger partial charge on any atom is 0.138 e. The highest BCUT2D eigenvalue weighted by atomic mass is 15.0. The third-order valence-electron chi connectivity index (χ3n) is 3.09. The number of pyridine rings is 1. The number of nitrogen functional groups attached to an aromatic ring is 1. The summed E-state index contributed by atoms with van der Waals surface area (Å²) in [6.45, 7) is 0. The van der Waals surface area contributed by atoms with Crippen LogP contribution in [-0.2, 0) is 0 Å². The van der Waals surface area contributed by atoms with Gasteiger partial charge in [0, 0.05) is 28.3 Å². The molecule has 2 aromatic carbocycles. The molecule has 0 radical (unpaired) electrons. The third-order valence-corrected chi connectivity index (χ3v) is 3.09. The Balaban J connectivity index is 2.07. The summed E-state index contributed by atoms with van der Waals surface area (Å²) < 4.78 is 0. The smallest absolute Gasteiger partial charge is 0.138 e. The van der Waals surface area contributed by atoms with Crippen molar-refractivity contribution in [1.82, 2.24) is 4.98 Å². The molecule has 4 nitrogen and oxygen atoms in total. The molecule has 0 saturated heterocycles. The van der Waals surface area contributed by atoms with Crippen LogP contribution >= 0.6 is 0 Å². The van der Waals surface area contributed by atoms with Gasteiger partial charge in [-0.1, -0.05) is 18.2 Å². The quantitative estimate of drug-likeness (QED) is 0.692. The van der Waals surface area contributed by atoms with Gasteiger partial charge in [0.05, 0.1) is 11.6 Å². The number of rotatable bonds is 2. The van der Waals surface area contributed by atoms with Gasteiger partial charge in [-0.15, -0.1) is 0 Å². The average molecular weight is 260 g/mol. The molecule has 20 heavy (non-hydrogen) atoms. The van der Waals surface area contributed by atoms with Gasteiger partial charge in [0.25, 0.3) is 0 Å². The zero-order chi connectivity index (χ0) is 13.9. The van der Waals surface area contributed by atoms with E-state index in [1.807, 2.05) is 36.4 Å². The van der Waals surface area contributed by atoms with Crippen LogP contribution in [0, 0.1) is 11.3 Å². The Kier molecular flexibility index (Phi) is 2.94. The summed E-state index contributed by atoms with van der Waals surface area (Å²) >= 11 is 0. The second-order valence-electron chi connectivity index (χ2n) is 4.42. The lowest BCUT2D eigenvalue weighted by atomic mass is 10.1. The minimum Gasteiger partial charge on any atom is -0.398 e. The molecule has 1 heterocycles. The maximum absolute atomic E-state index is 8.93. The summed E-state index contributed by atoms with van der Waals surface area (Å²) in [6.07, 6.45) is 1.72. The first kappa shape index (κ1) is 12.0. The summed E-state index contributed by atoms with van der Waals surface area (Å²) in [5.41, 5.74) is 8.12. The van der Waals surface area contributed by atoms with Crippen LogP contribution in [0.1, 0.15) is 5.56 Å². The topological polar surface area (TPSA) is 74.7 Å². The number of benzene rings is 2. The number of hydrogen-bond acceptors (Lipinski definition) is 4. The molecule has 3 N–H and O–H groups in total. The fourth-order valence-corrected chi connectivity index (χ4v) is 2.13. The highest BCUT2D eigenvalue weighted by Gasteiger charge is 2.05. The van der Waals surface area contributed by atoms with E-state index in [1.165, 1.54) is 0 Å². The van der Waals surface area contributed by atoms with Crippen LogP contribution in [0.15, 0.2) is 54.7 Å². The predicted octanol–water partition coefficient (Wildman–Crippen LogP) is 3.43. The van der Waals surface area contributed by atoms with Crippen molar-refractivity contribution >= 4 is 28.0 Å². The fourth-order valence-electron chi connectivity index (χ4n) is 2.13. The lowest BCUT2D eigenvalue weighted by Gasteiger charge is -2.10. The number of nitrogens with zero attached hydrogens (tertiary/aromatic N) is 2. The van der Waals surface area contributed by atoms with Crippen LogP contribution in [0.25, 0.3) is 10.8 Å². The van der Waals surface area contributed by atoms with Crippen LogP contribution in [0.3, 0.4) is 0 Å². The predicted molar refractivity (Wildman–Crippen MR) is 80.6 cm³/mol. The molecule has 0 spiro atoms. The van der Waals surface area contributed by atoms with Gasteiger partial charge < -0.3 is 11.1 Å². The van der Waals surface area contributed by atoms with E-state index in [-0.39, 0.29) is 0 Å². The zero-order valence-corrected chi connectivity index (χ0v) is 10.7. The Bertz CT molecular complexity index is 818. The van der Waals surface area contributed by atoms with Crippen LogP contribution < -0.4 is 11.1 Å². The summed E-state index contributed by atoms with van der Waals surface area (Å²) in [4.78, 5) is 4.35. The monoisotopic (exact) mass is 260 g/mol. The number of nitrogens with two attached hydrogens (primary N) is 1. The van der Waals surface area contributed by atoms with Gasteiger partial charge in [0.2, 0.25) is 0 Å². The van der Waals surface area contributed by atoms with Crippen molar-refractivity contribution in [3.63, 3.8) is 0 Å². The molecule has 0 aliphatic rings. The SMILES string of the molecule is N#Cc1cccc(Nc2nccc3c(N)cccc23)c1. The first-order valence-corrected chi connectivity index (χ1v) is 6.18. The Morgan fingerprint density at radius 3 is 2.75 bits per heavy atom. The first-order chi connectivity index (χ1) is 9.78. The minimum atomic E-state index is 0.606. The Labute approximate surface area is 116 Å². The molecule has 3 aromatic rings. The van der Waals surface area contributed by atoms with Crippen LogP contribution in [-0.4, -0.2) is 4.98 Å². The van der Waals surface area contributed by atoms with Crippen molar-refractivity contribution < 1.29 is 0 Å². The van der Waals surface area contributed by atoms with E-state index in [0.29, 0.717) is 5.56 Å². The number of nitriles is 1. The summed E-state index contributed by atoms with van der Waals surface area (Å²) in [5.74, 6) is 0.727. The molecule has 0 aliphatic heterocycles. The van der Waals surface area contributed by atoms with Crippen molar-refractivity contribution in [2.75, 3.05) is 11.1 Å². The van der Waals surface area contributed by atoms with Crippen LogP contribution in [0.5, 0.6) is 0 Å². The van der Waals surface area contributed by atoms with Crippen molar-refractivity contribution in [3.05, 3.63) is 60.3 Å². The molecular formula is C16H12N4. The zero-order valence-electron chi connectivity index (χ0n) is 10.7. The maximum atomic E-state index is 8.93. The van der Waals surface area contributed by atoms with E-state index < -0.39 is 0 Å². The van der Waals surface area contributed by atoms with Crippen molar-refractivity contribution in [1.29, 1.82) is 5.26 Å². The molecular weight excluding hydrogens is 248 g/mol. The van der Waals surface area contributed by atoms with Crippen molar-refractivity contribution in [3.8, 4) is 6.07 Å². The molecule has 0 atom stereocenters. The summed E-state index contributed by atoms with van der Waals surface area (Å²) in [6, 6.07) is 17.0. The first-order valence-electron chi connectivity index (χ1n) is 6.18. The third kappa shape index (κ3) is 2.13. The molecule has 0 aliphatic carbocycles. The van der Waals surface area contributed by atoms with E-state index in [4.69, 9.17) is 11.0 Å². The van der Waals surface area contributed by atoms with Crippen molar-refractivity contribution in [2.24, 2.45) is 0 Å². The van der Waals surface area contributed by atoms with Crippen LogP contribution in [0.2, 0.25) is 0 Å². The Morgan fingerprint density at radius 2 is 1.90 bits per heavy atom. The van der Waals surface area contributed by atoms with Gasteiger partial charge in [-0.05, 0) is 30.3 Å². The number of aromatic nitrogens is 1.